The van der Waals surface area contributed by atoms with E-state index in [1.807, 2.05) is 27.7 Å². The molecular weight excluding hydrogens is 290 g/mol. The maximum absolute atomic E-state index is 12.2. The molecule has 2 N–H and O–H groups in total. The lowest BCUT2D eigenvalue weighted by atomic mass is 10.1. The second-order valence-corrected chi connectivity index (χ2v) is 8.28. The fourth-order valence-corrected chi connectivity index (χ4v) is 4.19. The molecule has 6 nitrogen and oxygen atoms in total. The number of amides is 3. The van der Waals surface area contributed by atoms with Crippen LogP contribution < -0.4 is 10.6 Å². The summed E-state index contributed by atoms with van der Waals surface area (Å²) in [7, 11) is 0. The summed E-state index contributed by atoms with van der Waals surface area (Å²) in [6.45, 7) is 7.59. The van der Waals surface area contributed by atoms with E-state index in [1.54, 1.807) is 16.7 Å². The van der Waals surface area contributed by atoms with Gasteiger partial charge < -0.3 is 15.5 Å². The Labute approximate surface area is 129 Å². The number of hydrogen-bond acceptors (Lipinski definition) is 4. The first-order valence-corrected chi connectivity index (χ1v) is 8.16. The number of rotatable bonds is 3. The van der Waals surface area contributed by atoms with E-state index in [4.69, 9.17) is 0 Å². The van der Waals surface area contributed by atoms with Crippen LogP contribution in [0.15, 0.2) is 0 Å². The van der Waals surface area contributed by atoms with Gasteiger partial charge >= 0.3 is 0 Å². The van der Waals surface area contributed by atoms with Gasteiger partial charge in [0.05, 0.1) is 11.4 Å². The van der Waals surface area contributed by atoms with Gasteiger partial charge in [0.1, 0.15) is 6.04 Å². The number of hydrogen-bond donors (Lipinski definition) is 2. The molecule has 2 rings (SSSR count). The van der Waals surface area contributed by atoms with Gasteiger partial charge in [-0.15, -0.1) is 11.8 Å². The molecule has 7 heteroatoms. The predicted molar refractivity (Wildman–Crippen MR) is 81.6 cm³/mol. The van der Waals surface area contributed by atoms with Gasteiger partial charge in [0, 0.05) is 17.7 Å². The van der Waals surface area contributed by atoms with Crippen LogP contribution in [-0.4, -0.2) is 51.4 Å². The number of carbonyl (C=O) groups is 3. The lowest BCUT2D eigenvalue weighted by molar-refractivity contribution is -0.138. The van der Waals surface area contributed by atoms with Crippen molar-refractivity contribution in [3.63, 3.8) is 0 Å². The normalized spacial score (nSPS) is 28.5. The topological polar surface area (TPSA) is 78.5 Å². The summed E-state index contributed by atoms with van der Waals surface area (Å²) in [4.78, 5) is 37.4. The maximum Gasteiger partial charge on any atom is 0.244 e. The molecule has 2 atom stereocenters. The van der Waals surface area contributed by atoms with Gasteiger partial charge in [-0.2, -0.15) is 0 Å². The summed E-state index contributed by atoms with van der Waals surface area (Å²) in [6, 6.07) is -0.461. The highest BCUT2D eigenvalue weighted by Crippen LogP contribution is 2.47. The number of nitrogens with one attached hydrogen (secondary N) is 2. The molecule has 2 fully saturated rings. The van der Waals surface area contributed by atoms with Crippen molar-refractivity contribution < 1.29 is 14.4 Å². The van der Waals surface area contributed by atoms with E-state index < -0.39 is 6.04 Å². The van der Waals surface area contributed by atoms with Crippen LogP contribution in [0.1, 0.15) is 40.5 Å². The summed E-state index contributed by atoms with van der Waals surface area (Å²) >= 11 is 1.64. The molecule has 21 heavy (non-hydrogen) atoms. The fraction of sp³-hybridized carbons (Fsp3) is 0.786. The van der Waals surface area contributed by atoms with Gasteiger partial charge in [-0.3, -0.25) is 14.4 Å². The van der Waals surface area contributed by atoms with E-state index in [9.17, 15) is 14.4 Å². The van der Waals surface area contributed by atoms with Crippen LogP contribution in [0.4, 0.5) is 0 Å². The average molecular weight is 313 g/mol. The Morgan fingerprint density at radius 3 is 2.71 bits per heavy atom. The zero-order valence-electron chi connectivity index (χ0n) is 13.0. The molecule has 0 bridgehead atoms. The molecule has 0 spiro atoms. The highest BCUT2D eigenvalue weighted by atomic mass is 32.2. The third kappa shape index (κ3) is 3.51. The Morgan fingerprint density at radius 1 is 1.43 bits per heavy atom. The Hall–Kier alpha value is -1.24. The molecule has 0 aromatic heterocycles. The van der Waals surface area contributed by atoms with Crippen molar-refractivity contribution in [2.45, 2.75) is 57.0 Å². The quantitative estimate of drug-likeness (QED) is 0.794. The lowest BCUT2D eigenvalue weighted by Crippen LogP contribution is -2.52. The largest absolute Gasteiger partial charge is 0.350 e. The van der Waals surface area contributed by atoms with Crippen molar-refractivity contribution in [2.75, 3.05) is 12.3 Å². The first-order valence-electron chi connectivity index (χ1n) is 7.17. The zero-order chi connectivity index (χ0) is 15.8. The zero-order valence-corrected chi connectivity index (χ0v) is 13.8. The number of fused-ring (bicyclic) bond motifs is 1. The fourth-order valence-electron chi connectivity index (χ4n) is 2.76. The molecule has 0 saturated carbocycles. The summed E-state index contributed by atoms with van der Waals surface area (Å²) in [5.41, 5.74) is -0.325. The molecule has 2 aliphatic heterocycles. The third-order valence-electron chi connectivity index (χ3n) is 3.69. The highest BCUT2D eigenvalue weighted by Gasteiger charge is 2.52. The molecule has 0 aromatic rings. The van der Waals surface area contributed by atoms with Gasteiger partial charge in [-0.05, 0) is 34.1 Å². The van der Waals surface area contributed by atoms with Gasteiger partial charge in [0.15, 0.2) is 0 Å². The van der Waals surface area contributed by atoms with Gasteiger partial charge in [0.25, 0.3) is 0 Å². The summed E-state index contributed by atoms with van der Waals surface area (Å²) < 4.78 is 0. The van der Waals surface area contributed by atoms with Crippen LogP contribution in [0.3, 0.4) is 0 Å². The molecule has 2 aliphatic rings. The average Bonchev–Trinajstić information content (AvgIpc) is 2.82. The summed E-state index contributed by atoms with van der Waals surface area (Å²) in [6.07, 6.45) is 1.28. The van der Waals surface area contributed by atoms with E-state index in [2.05, 4.69) is 10.6 Å². The first-order chi connectivity index (χ1) is 9.62. The predicted octanol–water partition coefficient (Wildman–Crippen LogP) is 0.471. The van der Waals surface area contributed by atoms with Crippen LogP contribution >= 0.6 is 11.8 Å². The Balaban J connectivity index is 1.90. The van der Waals surface area contributed by atoms with Gasteiger partial charge in [0.2, 0.25) is 17.7 Å². The van der Waals surface area contributed by atoms with E-state index in [0.29, 0.717) is 12.2 Å². The minimum Gasteiger partial charge on any atom is -0.350 e. The van der Waals surface area contributed by atoms with Gasteiger partial charge in [-0.25, -0.2) is 0 Å². The Kier molecular flexibility index (Phi) is 4.24. The van der Waals surface area contributed by atoms with Crippen molar-refractivity contribution in [3.8, 4) is 0 Å². The minimum atomic E-state index is -0.461. The Morgan fingerprint density at radius 2 is 2.10 bits per heavy atom. The first kappa shape index (κ1) is 16.1. The standard InChI is InChI=1S/C14H23N3O3S/c1-13(2,3)16-10(18)7-15-12(20)9-8-21-14(4)6-5-11(19)17(9)14/h9H,5-8H2,1-4H3,(H,15,20)(H,16,18)/t9-,14-/m0/s1. The van der Waals surface area contributed by atoms with Crippen molar-refractivity contribution >= 4 is 29.5 Å². The number of thioether (sulfide) groups is 1. The third-order valence-corrected chi connectivity index (χ3v) is 5.19. The lowest BCUT2D eigenvalue weighted by Gasteiger charge is -2.29. The van der Waals surface area contributed by atoms with E-state index in [-0.39, 0.29) is 34.7 Å². The minimum absolute atomic E-state index is 0.0294. The molecular formula is C14H23N3O3S. The van der Waals surface area contributed by atoms with E-state index in [1.165, 1.54) is 0 Å². The van der Waals surface area contributed by atoms with E-state index >= 15 is 0 Å². The van der Waals surface area contributed by atoms with Crippen LogP contribution in [0.5, 0.6) is 0 Å². The number of carbonyl (C=O) groups excluding carboxylic acids is 3. The second kappa shape index (κ2) is 5.51. The van der Waals surface area contributed by atoms with Crippen molar-refractivity contribution in [3.05, 3.63) is 0 Å². The smallest absolute Gasteiger partial charge is 0.244 e. The number of nitrogens with zero attached hydrogens (tertiary/aromatic N) is 1. The molecule has 2 saturated heterocycles. The molecule has 0 unspecified atom stereocenters. The van der Waals surface area contributed by atoms with Gasteiger partial charge in [-0.1, -0.05) is 0 Å². The molecule has 3 amide bonds. The highest BCUT2D eigenvalue weighted by molar-refractivity contribution is 8.01. The molecule has 2 heterocycles. The van der Waals surface area contributed by atoms with E-state index in [0.717, 1.165) is 6.42 Å². The SMILES string of the molecule is CC(C)(C)NC(=O)CNC(=O)[C@@H]1CS[C@@]2(C)CCC(=O)N12. The summed E-state index contributed by atoms with van der Waals surface area (Å²) in [5, 5.41) is 5.43. The van der Waals surface area contributed by atoms with Crippen LogP contribution in [-0.2, 0) is 14.4 Å². The summed E-state index contributed by atoms with van der Waals surface area (Å²) in [5.74, 6) is 0.152. The van der Waals surface area contributed by atoms with Crippen molar-refractivity contribution in [1.29, 1.82) is 0 Å². The maximum atomic E-state index is 12.2. The van der Waals surface area contributed by atoms with Crippen molar-refractivity contribution in [2.24, 2.45) is 0 Å². The molecule has 118 valence electrons. The van der Waals surface area contributed by atoms with Crippen LogP contribution in [0.2, 0.25) is 0 Å². The monoisotopic (exact) mass is 313 g/mol. The molecule has 0 aromatic carbocycles. The molecule has 0 radical (unpaired) electrons. The molecule has 0 aliphatic carbocycles. The van der Waals surface area contributed by atoms with Crippen molar-refractivity contribution in [1.82, 2.24) is 15.5 Å². The van der Waals surface area contributed by atoms with Crippen LogP contribution in [0.25, 0.3) is 0 Å². The second-order valence-electron chi connectivity index (χ2n) is 6.78. The Bertz CT molecular complexity index is 475. The van der Waals surface area contributed by atoms with Crippen LogP contribution in [0, 0.1) is 0 Å².